The summed E-state index contributed by atoms with van der Waals surface area (Å²) in [5, 5.41) is 0. The number of hydrogen-bond acceptors (Lipinski definition) is 0. The topological polar surface area (TPSA) is 0 Å². The summed E-state index contributed by atoms with van der Waals surface area (Å²) in [4.78, 5) is 0. The average molecular weight is 213 g/mol. The van der Waals surface area contributed by atoms with Crippen molar-refractivity contribution in [2.45, 2.75) is 32.0 Å². The van der Waals surface area contributed by atoms with Gasteiger partial charge < -0.3 is 0 Å². The lowest BCUT2D eigenvalue weighted by Crippen LogP contribution is -2.15. The molecule has 0 nitrogen and oxygen atoms in total. The number of halogens is 1. The number of benzene rings is 1. The molecule has 0 N–H and O–H groups in total. The molecule has 0 bridgehead atoms. The van der Waals surface area contributed by atoms with Crippen LogP contribution in [0.1, 0.15) is 12.0 Å². The molecule has 0 aliphatic carbocycles. The van der Waals surface area contributed by atoms with Gasteiger partial charge in [0.2, 0.25) is 0 Å². The second-order valence-electron chi connectivity index (χ2n) is 4.06. The summed E-state index contributed by atoms with van der Waals surface area (Å²) in [6.45, 7) is 4.42. The fraction of sp³-hybridized carbons (Fsp3) is 0.455. The van der Waals surface area contributed by atoms with Crippen molar-refractivity contribution >= 4 is 18.5 Å². The largest absolute Gasteiger partial charge is 0.168 e. The zero-order valence-corrected chi connectivity index (χ0v) is 10.1. The maximum Gasteiger partial charge on any atom is 0.150 e. The lowest BCUT2D eigenvalue weighted by atomic mass is 10.1. The molecule has 0 aliphatic rings. The summed E-state index contributed by atoms with van der Waals surface area (Å²) in [7, 11) is -1.34. The third-order valence-electron chi connectivity index (χ3n) is 2.08. The van der Waals surface area contributed by atoms with E-state index in [2.05, 4.69) is 43.4 Å². The predicted molar refractivity (Wildman–Crippen MR) is 62.9 cm³/mol. The normalized spacial score (nSPS) is 11.6. The molecule has 0 radical (unpaired) electrons. The molecule has 1 rings (SSSR count). The molecule has 0 aromatic heterocycles. The summed E-state index contributed by atoms with van der Waals surface area (Å²) in [5.74, 6) is 0. The first-order chi connectivity index (χ1) is 6.08. The van der Waals surface area contributed by atoms with Crippen molar-refractivity contribution in [2.24, 2.45) is 0 Å². The van der Waals surface area contributed by atoms with Crippen LogP contribution < -0.4 is 0 Å². The van der Waals surface area contributed by atoms with E-state index in [9.17, 15) is 0 Å². The first-order valence-electron chi connectivity index (χ1n) is 4.81. The second-order valence-corrected chi connectivity index (χ2v) is 11.1. The van der Waals surface area contributed by atoms with Gasteiger partial charge in [-0.2, -0.15) is 11.1 Å². The molecular weight excluding hydrogens is 196 g/mol. The molecule has 2 heteroatoms. The second kappa shape index (κ2) is 4.82. The third-order valence-corrected chi connectivity index (χ3v) is 4.19. The molecule has 0 unspecified atom stereocenters. The number of hydrogen-bond donors (Lipinski definition) is 0. The molecule has 1 aromatic carbocycles. The van der Waals surface area contributed by atoms with Crippen molar-refractivity contribution in [1.29, 1.82) is 0 Å². The van der Waals surface area contributed by atoms with Gasteiger partial charge in [0.15, 0.2) is 7.38 Å². The monoisotopic (exact) mass is 212 g/mol. The molecule has 0 heterocycles. The van der Waals surface area contributed by atoms with E-state index in [-0.39, 0.29) is 0 Å². The minimum absolute atomic E-state index is 1.17. The highest BCUT2D eigenvalue weighted by Crippen LogP contribution is 2.18. The molecule has 0 atom stereocenters. The van der Waals surface area contributed by atoms with E-state index in [0.29, 0.717) is 0 Å². The van der Waals surface area contributed by atoms with Crippen LogP contribution in [0.25, 0.3) is 0 Å². The molecule has 0 saturated carbocycles. The Morgan fingerprint density at radius 2 is 1.77 bits per heavy atom. The van der Waals surface area contributed by atoms with Crippen molar-refractivity contribution in [3.8, 4) is 0 Å². The fourth-order valence-electron chi connectivity index (χ4n) is 1.36. The summed E-state index contributed by atoms with van der Waals surface area (Å²) in [5.41, 5.74) is 1.43. The fourth-order valence-corrected chi connectivity index (χ4v) is 2.78. The molecule has 0 saturated heterocycles. The molecule has 0 spiro atoms. The van der Waals surface area contributed by atoms with Crippen LogP contribution in [0.15, 0.2) is 30.3 Å². The van der Waals surface area contributed by atoms with Gasteiger partial charge in [-0.15, -0.1) is 0 Å². The van der Waals surface area contributed by atoms with Crippen LogP contribution in [0.3, 0.4) is 0 Å². The lowest BCUT2D eigenvalue weighted by Gasteiger charge is -2.11. The summed E-state index contributed by atoms with van der Waals surface area (Å²) < 4.78 is 0. The van der Waals surface area contributed by atoms with Gasteiger partial charge in [-0.1, -0.05) is 49.8 Å². The number of aryl methyl sites for hydroxylation is 1. The average Bonchev–Trinajstić information content (AvgIpc) is 2.04. The molecule has 0 aliphatic heterocycles. The Morgan fingerprint density at radius 3 is 2.31 bits per heavy atom. The van der Waals surface area contributed by atoms with Crippen molar-refractivity contribution in [2.75, 3.05) is 0 Å². The molecule has 1 aromatic rings. The van der Waals surface area contributed by atoms with E-state index < -0.39 is 7.38 Å². The van der Waals surface area contributed by atoms with Crippen LogP contribution in [0.5, 0.6) is 0 Å². The highest BCUT2D eigenvalue weighted by Gasteiger charge is 2.15. The van der Waals surface area contributed by atoms with Gasteiger partial charge >= 0.3 is 0 Å². The maximum atomic E-state index is 6.24. The first kappa shape index (κ1) is 10.8. The van der Waals surface area contributed by atoms with Gasteiger partial charge in [0.25, 0.3) is 0 Å². The van der Waals surface area contributed by atoms with Crippen molar-refractivity contribution in [3.63, 3.8) is 0 Å². The van der Waals surface area contributed by atoms with E-state index in [0.717, 1.165) is 0 Å². The van der Waals surface area contributed by atoms with E-state index in [1.165, 1.54) is 24.4 Å². The molecule has 13 heavy (non-hydrogen) atoms. The van der Waals surface area contributed by atoms with Crippen LogP contribution in [-0.4, -0.2) is 7.38 Å². The molecule has 0 fully saturated rings. The van der Waals surface area contributed by atoms with Gasteiger partial charge in [0.05, 0.1) is 0 Å². The minimum Gasteiger partial charge on any atom is -0.168 e. The smallest absolute Gasteiger partial charge is 0.150 e. The van der Waals surface area contributed by atoms with Gasteiger partial charge in [0.1, 0.15) is 0 Å². The SMILES string of the molecule is C[Si](C)(Cl)CCCc1ccccc1. The lowest BCUT2D eigenvalue weighted by molar-refractivity contribution is 0.907. The Kier molecular flexibility index (Phi) is 4.01. The number of rotatable bonds is 4. The van der Waals surface area contributed by atoms with E-state index >= 15 is 0 Å². The van der Waals surface area contributed by atoms with Gasteiger partial charge in [-0.25, -0.2) is 0 Å². The quantitative estimate of drug-likeness (QED) is 0.522. The Balaban J connectivity index is 2.29. The highest BCUT2D eigenvalue weighted by molar-refractivity contribution is 7.19. The van der Waals surface area contributed by atoms with Gasteiger partial charge in [-0.05, 0) is 18.0 Å². The highest BCUT2D eigenvalue weighted by atomic mass is 35.6. The molecular formula is C11H17ClSi. The third kappa shape index (κ3) is 5.12. The summed E-state index contributed by atoms with van der Waals surface area (Å²) in [6, 6.07) is 11.8. The van der Waals surface area contributed by atoms with Crippen LogP contribution in [0, 0.1) is 0 Å². The van der Waals surface area contributed by atoms with Crippen molar-refractivity contribution in [3.05, 3.63) is 35.9 Å². The molecule has 72 valence electrons. The Labute approximate surface area is 86.6 Å². The van der Waals surface area contributed by atoms with Crippen LogP contribution in [0.4, 0.5) is 0 Å². The van der Waals surface area contributed by atoms with E-state index in [4.69, 9.17) is 11.1 Å². The summed E-state index contributed by atoms with van der Waals surface area (Å²) >= 11 is 6.24. The maximum absolute atomic E-state index is 6.24. The van der Waals surface area contributed by atoms with Crippen molar-refractivity contribution < 1.29 is 0 Å². The summed E-state index contributed by atoms with van der Waals surface area (Å²) in [6.07, 6.45) is 2.40. The Bertz CT molecular complexity index is 238. The van der Waals surface area contributed by atoms with Gasteiger partial charge in [0, 0.05) is 0 Å². The predicted octanol–water partition coefficient (Wildman–Crippen LogP) is 4.06. The molecule has 0 amide bonds. The Hall–Kier alpha value is -0.273. The Morgan fingerprint density at radius 1 is 1.15 bits per heavy atom. The van der Waals surface area contributed by atoms with E-state index in [1.54, 1.807) is 0 Å². The van der Waals surface area contributed by atoms with Gasteiger partial charge in [-0.3, -0.25) is 0 Å². The zero-order valence-electron chi connectivity index (χ0n) is 8.39. The van der Waals surface area contributed by atoms with Crippen molar-refractivity contribution in [1.82, 2.24) is 0 Å². The van der Waals surface area contributed by atoms with Crippen LogP contribution in [-0.2, 0) is 6.42 Å². The van der Waals surface area contributed by atoms with E-state index in [1.807, 2.05) is 0 Å². The standard InChI is InChI=1S/C11H17ClSi/c1-13(2,12)10-6-9-11-7-4-3-5-8-11/h3-5,7-8H,6,9-10H2,1-2H3. The van der Waals surface area contributed by atoms with Crippen LogP contribution in [0.2, 0.25) is 19.1 Å². The van der Waals surface area contributed by atoms with Crippen LogP contribution >= 0.6 is 11.1 Å². The minimum atomic E-state index is -1.34. The first-order valence-corrected chi connectivity index (χ1v) is 9.03. The zero-order chi connectivity index (χ0) is 9.73.